The zero-order valence-corrected chi connectivity index (χ0v) is 10.1. The summed E-state index contributed by atoms with van der Waals surface area (Å²) < 4.78 is 39.9. The number of benzene rings is 1. The Morgan fingerprint density at radius 1 is 1.41 bits per heavy atom. The highest BCUT2D eigenvalue weighted by atomic mass is 32.2. The van der Waals surface area contributed by atoms with Gasteiger partial charge in [-0.15, -0.1) is 0 Å². The van der Waals surface area contributed by atoms with Gasteiger partial charge in [-0.1, -0.05) is 23.9 Å². The number of alkyl halides is 3. The zero-order chi connectivity index (χ0) is 12.9. The van der Waals surface area contributed by atoms with Gasteiger partial charge in [0.25, 0.3) is 0 Å². The molecule has 1 rings (SSSR count). The smallest absolute Gasteiger partial charge is 0.361 e. The molecular weight excluding hydrogens is 251 g/mol. The number of hydrogen-bond acceptors (Lipinski definition) is 3. The van der Waals surface area contributed by atoms with E-state index in [2.05, 4.69) is 4.74 Å². The summed E-state index contributed by atoms with van der Waals surface area (Å²) in [6.45, 7) is 0.636. The Morgan fingerprint density at radius 2 is 2.12 bits per heavy atom. The summed E-state index contributed by atoms with van der Waals surface area (Å²) in [6, 6.07) is 7.28. The van der Waals surface area contributed by atoms with Crippen LogP contribution in [-0.2, 0) is 4.74 Å². The third kappa shape index (κ3) is 5.95. The van der Waals surface area contributed by atoms with Crippen molar-refractivity contribution in [3.63, 3.8) is 0 Å². The van der Waals surface area contributed by atoms with Crippen LogP contribution in [0.4, 0.5) is 13.2 Å². The number of halogens is 3. The molecule has 0 fully saturated rings. The third-order valence-corrected chi connectivity index (χ3v) is 2.83. The van der Waals surface area contributed by atoms with Crippen molar-refractivity contribution in [2.24, 2.45) is 5.73 Å². The Morgan fingerprint density at radius 3 is 2.71 bits per heavy atom. The normalized spacial score (nSPS) is 13.7. The third-order valence-electron chi connectivity index (χ3n) is 1.96. The van der Waals surface area contributed by atoms with E-state index in [-0.39, 0.29) is 12.0 Å². The Labute approximate surface area is 102 Å². The summed E-state index contributed by atoms with van der Waals surface area (Å²) in [4.78, 5) is 0.849. The average molecular weight is 265 g/mol. The van der Waals surface area contributed by atoms with Crippen LogP contribution in [0.25, 0.3) is 0 Å². The van der Waals surface area contributed by atoms with Gasteiger partial charge in [0.05, 0.1) is 5.94 Å². The minimum Gasteiger partial charge on any atom is -0.361 e. The second-order valence-electron chi connectivity index (χ2n) is 3.59. The van der Waals surface area contributed by atoms with Crippen LogP contribution in [0.5, 0.6) is 0 Å². The van der Waals surface area contributed by atoms with Crippen molar-refractivity contribution < 1.29 is 17.9 Å². The van der Waals surface area contributed by atoms with Crippen LogP contribution in [0.15, 0.2) is 29.2 Å². The molecule has 17 heavy (non-hydrogen) atoms. The van der Waals surface area contributed by atoms with E-state index >= 15 is 0 Å². The molecule has 96 valence electrons. The van der Waals surface area contributed by atoms with Crippen molar-refractivity contribution in [1.82, 2.24) is 0 Å². The van der Waals surface area contributed by atoms with Crippen LogP contribution < -0.4 is 5.73 Å². The van der Waals surface area contributed by atoms with Gasteiger partial charge >= 0.3 is 6.18 Å². The molecule has 1 aromatic rings. The number of ether oxygens (including phenoxy) is 1. The number of thioether (sulfide) groups is 1. The van der Waals surface area contributed by atoms with Crippen LogP contribution in [0, 0.1) is 0 Å². The highest BCUT2D eigenvalue weighted by molar-refractivity contribution is 7.99. The first-order valence-electron chi connectivity index (χ1n) is 5.01. The van der Waals surface area contributed by atoms with Crippen molar-refractivity contribution in [3.8, 4) is 0 Å². The Hall–Kier alpha value is -0.720. The molecule has 0 saturated carbocycles. The van der Waals surface area contributed by atoms with Crippen molar-refractivity contribution >= 4 is 11.8 Å². The fourth-order valence-electron chi connectivity index (χ4n) is 1.15. The fourth-order valence-corrected chi connectivity index (χ4v) is 1.85. The van der Waals surface area contributed by atoms with Gasteiger partial charge < -0.3 is 10.5 Å². The van der Waals surface area contributed by atoms with Gasteiger partial charge in [0, 0.05) is 10.9 Å². The van der Waals surface area contributed by atoms with Crippen LogP contribution >= 0.6 is 11.8 Å². The summed E-state index contributed by atoms with van der Waals surface area (Å²) in [5.41, 5.74) is 6.66. The maximum Gasteiger partial charge on any atom is 0.411 e. The van der Waals surface area contributed by atoms with Crippen molar-refractivity contribution in [2.45, 2.75) is 24.0 Å². The molecule has 1 atom stereocenters. The first-order chi connectivity index (χ1) is 7.88. The summed E-state index contributed by atoms with van der Waals surface area (Å²) in [5.74, 6) is -0.0259. The lowest BCUT2D eigenvalue weighted by atomic mass is 10.1. The standard InChI is InChI=1S/C11H14F3NOS/c1-8(15)9-3-2-4-10(5-9)17-7-16-6-11(12,13)14/h2-5,8H,6-7,15H2,1H3. The lowest BCUT2D eigenvalue weighted by molar-refractivity contribution is -0.168. The molecule has 0 saturated heterocycles. The van der Waals surface area contributed by atoms with Crippen LogP contribution in [0.3, 0.4) is 0 Å². The number of hydrogen-bond donors (Lipinski definition) is 1. The second kappa shape index (κ2) is 6.28. The molecular formula is C11H14F3NOS. The molecule has 0 aliphatic heterocycles. The highest BCUT2D eigenvalue weighted by Gasteiger charge is 2.27. The molecule has 0 amide bonds. The minimum absolute atomic E-state index is 0.0259. The maximum absolute atomic E-state index is 11.8. The van der Waals surface area contributed by atoms with E-state index in [1.165, 1.54) is 11.8 Å². The number of nitrogens with two attached hydrogens (primary N) is 1. The first kappa shape index (κ1) is 14.3. The SMILES string of the molecule is CC(N)c1cccc(SCOCC(F)(F)F)c1. The highest BCUT2D eigenvalue weighted by Crippen LogP contribution is 2.23. The quantitative estimate of drug-likeness (QED) is 0.504. The largest absolute Gasteiger partial charge is 0.411 e. The second-order valence-corrected chi connectivity index (χ2v) is 4.58. The molecule has 0 heterocycles. The minimum atomic E-state index is -4.27. The topological polar surface area (TPSA) is 35.2 Å². The zero-order valence-electron chi connectivity index (χ0n) is 9.33. The van der Waals surface area contributed by atoms with Gasteiger partial charge in [-0.2, -0.15) is 13.2 Å². The van der Waals surface area contributed by atoms with Gasteiger partial charge in [-0.25, -0.2) is 0 Å². The van der Waals surface area contributed by atoms with Crippen molar-refractivity contribution in [1.29, 1.82) is 0 Å². The lowest BCUT2D eigenvalue weighted by Gasteiger charge is -2.09. The molecule has 2 N–H and O–H groups in total. The predicted molar refractivity (Wildman–Crippen MR) is 61.8 cm³/mol. The summed E-state index contributed by atoms with van der Waals surface area (Å²) in [5, 5.41) is 0. The Balaban J connectivity index is 2.39. The lowest BCUT2D eigenvalue weighted by Crippen LogP contribution is -2.16. The molecule has 2 nitrogen and oxygen atoms in total. The molecule has 1 unspecified atom stereocenters. The van der Waals surface area contributed by atoms with E-state index in [4.69, 9.17) is 5.73 Å². The van der Waals surface area contributed by atoms with E-state index in [1.807, 2.05) is 31.2 Å². The van der Waals surface area contributed by atoms with Crippen LogP contribution in [0.1, 0.15) is 18.5 Å². The van der Waals surface area contributed by atoms with Crippen LogP contribution in [0.2, 0.25) is 0 Å². The molecule has 0 aromatic heterocycles. The molecule has 6 heteroatoms. The molecule has 0 spiro atoms. The van der Waals surface area contributed by atoms with E-state index in [1.54, 1.807) is 0 Å². The summed E-state index contributed by atoms with van der Waals surface area (Å²) >= 11 is 1.21. The fraction of sp³-hybridized carbons (Fsp3) is 0.455. The Bertz CT molecular complexity index is 355. The Kier molecular flexibility index (Phi) is 5.30. The monoisotopic (exact) mass is 265 g/mol. The maximum atomic E-state index is 11.8. The molecule has 0 aliphatic rings. The molecule has 0 radical (unpaired) electrons. The van der Waals surface area contributed by atoms with Gasteiger partial charge in [-0.3, -0.25) is 0 Å². The van der Waals surface area contributed by atoms with Crippen LogP contribution in [-0.4, -0.2) is 18.7 Å². The number of rotatable bonds is 5. The molecule has 0 aliphatic carbocycles. The van der Waals surface area contributed by atoms with E-state index in [0.717, 1.165) is 10.5 Å². The van der Waals surface area contributed by atoms with Crippen molar-refractivity contribution in [3.05, 3.63) is 29.8 Å². The summed E-state index contributed by atoms with van der Waals surface area (Å²) in [7, 11) is 0. The molecule has 1 aromatic carbocycles. The van der Waals surface area contributed by atoms with Gasteiger partial charge in [0.2, 0.25) is 0 Å². The van der Waals surface area contributed by atoms with E-state index in [9.17, 15) is 13.2 Å². The van der Waals surface area contributed by atoms with Gasteiger partial charge in [0.15, 0.2) is 0 Å². The van der Waals surface area contributed by atoms with Gasteiger partial charge in [-0.05, 0) is 24.6 Å². The van der Waals surface area contributed by atoms with E-state index in [0.29, 0.717) is 0 Å². The summed E-state index contributed by atoms with van der Waals surface area (Å²) in [6.07, 6.45) is -4.27. The first-order valence-corrected chi connectivity index (χ1v) is 6.00. The van der Waals surface area contributed by atoms with Gasteiger partial charge in [0.1, 0.15) is 6.61 Å². The van der Waals surface area contributed by atoms with Crippen molar-refractivity contribution in [2.75, 3.05) is 12.5 Å². The van der Waals surface area contributed by atoms with E-state index < -0.39 is 12.8 Å². The average Bonchev–Trinajstić information content (AvgIpc) is 2.23. The molecule has 0 bridgehead atoms. The predicted octanol–water partition coefficient (Wildman–Crippen LogP) is 3.33.